The quantitative estimate of drug-likeness (QED) is 0.607. The molecule has 2 N–H and O–H groups in total. The zero-order valence-corrected chi connectivity index (χ0v) is 16.4. The van der Waals surface area contributed by atoms with Crippen molar-refractivity contribution in [3.63, 3.8) is 0 Å². The minimum Gasteiger partial charge on any atom is -0.455 e. The van der Waals surface area contributed by atoms with Gasteiger partial charge in [-0.1, -0.05) is 41.9 Å². The van der Waals surface area contributed by atoms with Crippen LogP contribution in [0, 0.1) is 0 Å². The van der Waals surface area contributed by atoms with Crippen LogP contribution >= 0.6 is 11.6 Å². The van der Waals surface area contributed by atoms with Crippen molar-refractivity contribution in [3.05, 3.63) is 83.4 Å². The van der Waals surface area contributed by atoms with Crippen molar-refractivity contribution in [2.45, 2.75) is 0 Å². The van der Waals surface area contributed by atoms with E-state index >= 15 is 0 Å². The Morgan fingerprint density at radius 3 is 2.32 bits per heavy atom. The number of hydrogen-bond acceptors (Lipinski definition) is 4. The van der Waals surface area contributed by atoms with Gasteiger partial charge in [0.05, 0.1) is 22.5 Å². The Hall–Kier alpha value is -3.03. The largest absolute Gasteiger partial charge is 0.455 e. The van der Waals surface area contributed by atoms with Crippen molar-refractivity contribution < 1.29 is 17.9 Å². The van der Waals surface area contributed by atoms with Gasteiger partial charge in [-0.2, -0.15) is 0 Å². The van der Waals surface area contributed by atoms with E-state index in [9.17, 15) is 13.2 Å². The molecule has 0 spiro atoms. The highest BCUT2D eigenvalue weighted by Crippen LogP contribution is 2.33. The summed E-state index contributed by atoms with van der Waals surface area (Å²) in [5.41, 5.74) is 1.00. The maximum Gasteiger partial charge on any atom is 0.257 e. The van der Waals surface area contributed by atoms with E-state index < -0.39 is 10.0 Å². The van der Waals surface area contributed by atoms with Crippen LogP contribution in [0.4, 0.5) is 11.4 Å². The summed E-state index contributed by atoms with van der Waals surface area (Å²) in [7, 11) is -3.51. The zero-order valence-electron chi connectivity index (χ0n) is 14.8. The number of rotatable bonds is 6. The Balaban J connectivity index is 1.91. The molecule has 0 fully saturated rings. The lowest BCUT2D eigenvalue weighted by Crippen LogP contribution is -2.13. The Labute approximate surface area is 168 Å². The predicted molar refractivity (Wildman–Crippen MR) is 111 cm³/mol. The fourth-order valence-electron chi connectivity index (χ4n) is 2.43. The highest BCUT2D eigenvalue weighted by molar-refractivity contribution is 7.92. The van der Waals surface area contributed by atoms with Crippen molar-refractivity contribution >= 4 is 38.9 Å². The van der Waals surface area contributed by atoms with Crippen LogP contribution in [-0.4, -0.2) is 20.6 Å². The van der Waals surface area contributed by atoms with Gasteiger partial charge in [0.2, 0.25) is 10.0 Å². The third-order valence-electron chi connectivity index (χ3n) is 3.62. The molecule has 0 unspecified atom stereocenters. The number of carbonyl (C=O) groups excluding carboxylic acids is 1. The molecule has 3 aromatic rings. The van der Waals surface area contributed by atoms with Crippen molar-refractivity contribution in [2.24, 2.45) is 0 Å². The molecule has 8 heteroatoms. The summed E-state index contributed by atoms with van der Waals surface area (Å²) in [6, 6.07) is 20.2. The number of ether oxygens (including phenoxy) is 1. The first-order chi connectivity index (χ1) is 13.3. The second-order valence-corrected chi connectivity index (χ2v) is 8.09. The first-order valence-corrected chi connectivity index (χ1v) is 10.5. The minimum atomic E-state index is -3.51. The number of amides is 1. The fraction of sp³-hybridized carbons (Fsp3) is 0.0500. The lowest BCUT2D eigenvalue weighted by Gasteiger charge is -2.14. The van der Waals surface area contributed by atoms with E-state index in [4.69, 9.17) is 16.3 Å². The first-order valence-electron chi connectivity index (χ1n) is 8.22. The standard InChI is InChI=1S/C20H17ClN2O4S/c1-28(25,26)23-18-12-11-14(13-19(18)27-15-7-3-2-4-8-15)22-20(24)16-9-5-6-10-17(16)21/h2-13,23H,1H3,(H,22,24). The molecule has 0 bridgehead atoms. The zero-order chi connectivity index (χ0) is 20.1. The molecule has 0 saturated heterocycles. The number of nitrogens with one attached hydrogen (secondary N) is 2. The number of sulfonamides is 1. The van der Waals surface area contributed by atoms with Crippen LogP contribution in [0.5, 0.6) is 11.5 Å². The second-order valence-electron chi connectivity index (χ2n) is 5.93. The summed E-state index contributed by atoms with van der Waals surface area (Å²) in [4.78, 5) is 12.5. The fourth-order valence-corrected chi connectivity index (χ4v) is 3.22. The number of halogens is 1. The van der Waals surface area contributed by atoms with Gasteiger partial charge < -0.3 is 10.1 Å². The molecule has 0 aliphatic carbocycles. The molecule has 3 aromatic carbocycles. The Bertz CT molecular complexity index is 1100. The summed E-state index contributed by atoms with van der Waals surface area (Å²) in [5.74, 6) is 0.377. The van der Waals surface area contributed by atoms with E-state index in [0.717, 1.165) is 6.26 Å². The molecule has 0 atom stereocenters. The summed E-state index contributed by atoms with van der Waals surface area (Å²) < 4.78 is 31.5. The van der Waals surface area contributed by atoms with Gasteiger partial charge >= 0.3 is 0 Å². The van der Waals surface area contributed by atoms with Crippen molar-refractivity contribution in [1.29, 1.82) is 0 Å². The lowest BCUT2D eigenvalue weighted by molar-refractivity contribution is 0.102. The van der Waals surface area contributed by atoms with E-state index in [2.05, 4.69) is 10.0 Å². The van der Waals surface area contributed by atoms with Crippen LogP contribution in [0.2, 0.25) is 5.02 Å². The number of hydrogen-bond donors (Lipinski definition) is 2. The number of anilines is 2. The molecule has 0 aliphatic heterocycles. The summed E-state index contributed by atoms with van der Waals surface area (Å²) in [6.45, 7) is 0. The molecule has 0 aromatic heterocycles. The minimum absolute atomic E-state index is 0.244. The molecule has 0 heterocycles. The van der Waals surface area contributed by atoms with E-state index in [1.807, 2.05) is 6.07 Å². The molecule has 0 saturated carbocycles. The Morgan fingerprint density at radius 2 is 1.64 bits per heavy atom. The molecule has 144 valence electrons. The highest BCUT2D eigenvalue weighted by Gasteiger charge is 2.14. The molecule has 0 radical (unpaired) electrons. The van der Waals surface area contributed by atoms with Gasteiger partial charge in [-0.25, -0.2) is 8.42 Å². The number of para-hydroxylation sites is 1. The smallest absolute Gasteiger partial charge is 0.257 e. The van der Waals surface area contributed by atoms with Gasteiger partial charge in [-0.15, -0.1) is 0 Å². The maximum atomic E-state index is 12.5. The van der Waals surface area contributed by atoms with E-state index in [0.29, 0.717) is 22.0 Å². The Kier molecular flexibility index (Phi) is 5.87. The van der Waals surface area contributed by atoms with Crippen LogP contribution in [0.3, 0.4) is 0 Å². The molecular weight excluding hydrogens is 400 g/mol. The SMILES string of the molecule is CS(=O)(=O)Nc1ccc(NC(=O)c2ccccc2Cl)cc1Oc1ccccc1. The molecule has 6 nitrogen and oxygen atoms in total. The number of benzene rings is 3. The predicted octanol–water partition coefficient (Wildman–Crippen LogP) is 4.76. The molecule has 28 heavy (non-hydrogen) atoms. The monoisotopic (exact) mass is 416 g/mol. The van der Waals surface area contributed by atoms with Crippen LogP contribution in [0.15, 0.2) is 72.8 Å². The highest BCUT2D eigenvalue weighted by atomic mass is 35.5. The van der Waals surface area contributed by atoms with Gasteiger partial charge in [-0.3, -0.25) is 9.52 Å². The van der Waals surface area contributed by atoms with Gasteiger partial charge in [0, 0.05) is 11.8 Å². The van der Waals surface area contributed by atoms with Crippen molar-refractivity contribution in [1.82, 2.24) is 0 Å². The molecule has 1 amide bonds. The molecular formula is C20H17ClN2O4S. The van der Waals surface area contributed by atoms with Crippen LogP contribution in [0.1, 0.15) is 10.4 Å². The third kappa shape index (κ3) is 5.25. The van der Waals surface area contributed by atoms with Gasteiger partial charge in [0.1, 0.15) is 5.75 Å². The van der Waals surface area contributed by atoms with Crippen LogP contribution < -0.4 is 14.8 Å². The second kappa shape index (κ2) is 8.33. The maximum absolute atomic E-state index is 12.5. The average Bonchev–Trinajstić information content (AvgIpc) is 2.64. The average molecular weight is 417 g/mol. The van der Waals surface area contributed by atoms with Gasteiger partial charge in [0.15, 0.2) is 5.75 Å². The summed E-state index contributed by atoms with van der Waals surface area (Å²) >= 11 is 6.06. The first kappa shape index (κ1) is 19.7. The summed E-state index contributed by atoms with van der Waals surface area (Å²) in [6.07, 6.45) is 1.05. The van der Waals surface area contributed by atoms with Crippen molar-refractivity contribution in [2.75, 3.05) is 16.3 Å². The lowest BCUT2D eigenvalue weighted by atomic mass is 10.2. The van der Waals surface area contributed by atoms with Crippen LogP contribution in [0.25, 0.3) is 0 Å². The van der Waals surface area contributed by atoms with E-state index in [1.54, 1.807) is 54.6 Å². The normalized spacial score (nSPS) is 10.9. The van der Waals surface area contributed by atoms with Gasteiger partial charge in [-0.05, 0) is 36.4 Å². The van der Waals surface area contributed by atoms with Crippen LogP contribution in [-0.2, 0) is 10.0 Å². The third-order valence-corrected chi connectivity index (χ3v) is 4.54. The summed E-state index contributed by atoms with van der Waals surface area (Å²) in [5, 5.41) is 3.06. The van der Waals surface area contributed by atoms with E-state index in [1.165, 1.54) is 12.1 Å². The topological polar surface area (TPSA) is 84.5 Å². The van der Waals surface area contributed by atoms with Crippen molar-refractivity contribution in [3.8, 4) is 11.5 Å². The number of carbonyl (C=O) groups is 1. The molecule has 3 rings (SSSR count). The van der Waals surface area contributed by atoms with E-state index in [-0.39, 0.29) is 17.3 Å². The van der Waals surface area contributed by atoms with Gasteiger partial charge in [0.25, 0.3) is 5.91 Å². The molecule has 0 aliphatic rings. The Morgan fingerprint density at radius 1 is 0.964 bits per heavy atom.